The van der Waals surface area contributed by atoms with Gasteiger partial charge in [0, 0.05) is 17.2 Å². The first-order valence-corrected chi connectivity index (χ1v) is 6.56. The molecule has 0 atom stereocenters. The van der Waals surface area contributed by atoms with Crippen LogP contribution in [0.4, 0.5) is 0 Å². The molecular weight excluding hydrogens is 278 g/mol. The van der Waals surface area contributed by atoms with Crippen molar-refractivity contribution in [3.05, 3.63) is 41.9 Å². The SMILES string of the molecule is Cc1nnc(Sc2cc(C(=O)O)nc3ccccc23)o1. The van der Waals surface area contributed by atoms with Gasteiger partial charge in [-0.1, -0.05) is 18.2 Å². The summed E-state index contributed by atoms with van der Waals surface area (Å²) in [5.41, 5.74) is 0.605. The lowest BCUT2D eigenvalue weighted by Gasteiger charge is -2.05. The summed E-state index contributed by atoms with van der Waals surface area (Å²) >= 11 is 1.23. The first kappa shape index (κ1) is 12.6. The first-order valence-electron chi connectivity index (χ1n) is 5.74. The number of aryl methyl sites for hydroxylation is 1. The van der Waals surface area contributed by atoms with Crippen molar-refractivity contribution >= 4 is 28.6 Å². The number of fused-ring (bicyclic) bond motifs is 1. The van der Waals surface area contributed by atoms with E-state index in [1.165, 1.54) is 17.8 Å². The zero-order valence-electron chi connectivity index (χ0n) is 10.4. The zero-order valence-corrected chi connectivity index (χ0v) is 11.2. The van der Waals surface area contributed by atoms with Gasteiger partial charge in [0.2, 0.25) is 5.89 Å². The molecule has 20 heavy (non-hydrogen) atoms. The maximum absolute atomic E-state index is 11.1. The predicted octanol–water partition coefficient (Wildman–Crippen LogP) is 2.78. The number of aromatic carboxylic acids is 1. The number of nitrogens with zero attached hydrogens (tertiary/aromatic N) is 3. The molecule has 6 nitrogen and oxygen atoms in total. The van der Waals surface area contributed by atoms with Gasteiger partial charge < -0.3 is 9.52 Å². The van der Waals surface area contributed by atoms with E-state index in [9.17, 15) is 4.79 Å². The van der Waals surface area contributed by atoms with Gasteiger partial charge >= 0.3 is 5.97 Å². The fraction of sp³-hybridized carbons (Fsp3) is 0.0769. The Bertz CT molecular complexity index is 800. The summed E-state index contributed by atoms with van der Waals surface area (Å²) < 4.78 is 5.31. The van der Waals surface area contributed by atoms with Gasteiger partial charge in [-0.05, 0) is 23.9 Å². The van der Waals surface area contributed by atoms with Crippen LogP contribution in [-0.4, -0.2) is 26.3 Å². The van der Waals surface area contributed by atoms with E-state index >= 15 is 0 Å². The van der Waals surface area contributed by atoms with Gasteiger partial charge in [0.05, 0.1) is 5.52 Å². The maximum atomic E-state index is 11.1. The second-order valence-electron chi connectivity index (χ2n) is 4.02. The largest absolute Gasteiger partial charge is 0.477 e. The van der Waals surface area contributed by atoms with Gasteiger partial charge in [-0.15, -0.1) is 10.2 Å². The van der Waals surface area contributed by atoms with Crippen molar-refractivity contribution in [2.24, 2.45) is 0 Å². The molecule has 0 fully saturated rings. The number of hydrogen-bond donors (Lipinski definition) is 1. The average molecular weight is 287 g/mol. The van der Waals surface area contributed by atoms with Gasteiger partial charge in [0.25, 0.3) is 5.22 Å². The van der Waals surface area contributed by atoms with Crippen molar-refractivity contribution < 1.29 is 14.3 Å². The van der Waals surface area contributed by atoms with Gasteiger partial charge in [-0.3, -0.25) is 0 Å². The Kier molecular flexibility index (Phi) is 3.11. The summed E-state index contributed by atoms with van der Waals surface area (Å²) in [4.78, 5) is 16.0. The molecule has 0 unspecified atom stereocenters. The van der Waals surface area contributed by atoms with Crippen LogP contribution in [0.5, 0.6) is 0 Å². The molecule has 0 bridgehead atoms. The molecule has 0 saturated heterocycles. The highest BCUT2D eigenvalue weighted by Crippen LogP contribution is 2.32. The third-order valence-corrected chi connectivity index (χ3v) is 3.50. The van der Waals surface area contributed by atoms with E-state index in [1.54, 1.807) is 13.0 Å². The van der Waals surface area contributed by atoms with Gasteiger partial charge in [0.15, 0.2) is 0 Å². The van der Waals surface area contributed by atoms with Crippen LogP contribution in [0.3, 0.4) is 0 Å². The van der Waals surface area contributed by atoms with Crippen LogP contribution < -0.4 is 0 Å². The molecule has 1 aromatic carbocycles. The molecule has 100 valence electrons. The number of benzene rings is 1. The minimum atomic E-state index is -1.07. The van der Waals surface area contributed by atoms with E-state index in [4.69, 9.17) is 9.52 Å². The number of hydrogen-bond acceptors (Lipinski definition) is 6. The van der Waals surface area contributed by atoms with Gasteiger partial charge in [-0.2, -0.15) is 0 Å². The van der Waals surface area contributed by atoms with Crippen LogP contribution in [0.2, 0.25) is 0 Å². The van der Waals surface area contributed by atoms with E-state index in [2.05, 4.69) is 15.2 Å². The topological polar surface area (TPSA) is 89.1 Å². The summed E-state index contributed by atoms with van der Waals surface area (Å²) in [6.07, 6.45) is 0. The molecule has 0 aliphatic heterocycles. The van der Waals surface area contributed by atoms with Crippen molar-refractivity contribution in [3.8, 4) is 0 Å². The Balaban J connectivity index is 2.14. The lowest BCUT2D eigenvalue weighted by molar-refractivity contribution is 0.0690. The van der Waals surface area contributed by atoms with Crippen molar-refractivity contribution in [1.82, 2.24) is 15.2 Å². The number of pyridine rings is 1. The van der Waals surface area contributed by atoms with E-state index in [1.807, 2.05) is 18.2 Å². The Morgan fingerprint density at radius 3 is 2.80 bits per heavy atom. The number of carboxylic acids is 1. The first-order chi connectivity index (χ1) is 9.63. The van der Waals surface area contributed by atoms with Crippen LogP contribution in [0.25, 0.3) is 10.9 Å². The van der Waals surface area contributed by atoms with Crippen molar-refractivity contribution in [2.45, 2.75) is 17.0 Å². The minimum Gasteiger partial charge on any atom is -0.477 e. The van der Waals surface area contributed by atoms with Crippen LogP contribution >= 0.6 is 11.8 Å². The highest BCUT2D eigenvalue weighted by Gasteiger charge is 2.14. The van der Waals surface area contributed by atoms with Gasteiger partial charge in [0.1, 0.15) is 5.69 Å². The molecule has 0 spiro atoms. The maximum Gasteiger partial charge on any atom is 0.354 e. The average Bonchev–Trinajstić information content (AvgIpc) is 2.84. The molecule has 0 saturated carbocycles. The molecule has 0 aliphatic rings. The minimum absolute atomic E-state index is 0.0116. The predicted molar refractivity (Wildman–Crippen MR) is 71.9 cm³/mol. The van der Waals surface area contributed by atoms with Crippen LogP contribution in [-0.2, 0) is 0 Å². The standard InChI is InChI=1S/C13H9N3O3S/c1-7-15-16-13(19-7)20-11-6-10(12(17)18)14-9-5-3-2-4-8(9)11/h2-6H,1H3,(H,17,18). The zero-order chi connectivity index (χ0) is 14.1. The summed E-state index contributed by atoms with van der Waals surface area (Å²) in [7, 11) is 0. The Hall–Kier alpha value is -2.41. The summed E-state index contributed by atoms with van der Waals surface area (Å²) in [6.45, 7) is 1.70. The van der Waals surface area contributed by atoms with E-state index < -0.39 is 5.97 Å². The fourth-order valence-corrected chi connectivity index (χ4v) is 2.64. The molecule has 2 heterocycles. The third-order valence-electron chi connectivity index (χ3n) is 2.60. The normalized spacial score (nSPS) is 10.8. The molecule has 7 heteroatoms. The fourth-order valence-electron chi connectivity index (χ4n) is 1.75. The lowest BCUT2D eigenvalue weighted by atomic mass is 10.2. The van der Waals surface area contributed by atoms with Crippen molar-refractivity contribution in [2.75, 3.05) is 0 Å². The Labute approximate surface area is 117 Å². The van der Waals surface area contributed by atoms with Crippen molar-refractivity contribution in [1.29, 1.82) is 0 Å². The molecule has 0 amide bonds. The summed E-state index contributed by atoms with van der Waals surface area (Å²) in [5, 5.41) is 18.0. The second-order valence-corrected chi connectivity index (χ2v) is 5.01. The number of carboxylic acid groups (broad SMARTS) is 1. The number of para-hydroxylation sites is 1. The molecule has 0 aliphatic carbocycles. The third kappa shape index (κ3) is 2.35. The van der Waals surface area contributed by atoms with Crippen molar-refractivity contribution in [3.63, 3.8) is 0 Å². The highest BCUT2D eigenvalue weighted by atomic mass is 32.2. The van der Waals surface area contributed by atoms with E-state index in [0.29, 0.717) is 16.6 Å². The number of carbonyl (C=O) groups is 1. The highest BCUT2D eigenvalue weighted by molar-refractivity contribution is 7.99. The quantitative estimate of drug-likeness (QED) is 0.792. The monoisotopic (exact) mass is 287 g/mol. The number of rotatable bonds is 3. The number of aromatic nitrogens is 3. The smallest absolute Gasteiger partial charge is 0.354 e. The van der Waals surface area contributed by atoms with E-state index in [-0.39, 0.29) is 5.69 Å². The van der Waals surface area contributed by atoms with Crippen LogP contribution in [0.1, 0.15) is 16.4 Å². The van der Waals surface area contributed by atoms with Crippen LogP contribution in [0, 0.1) is 6.92 Å². The molecule has 3 aromatic rings. The Morgan fingerprint density at radius 2 is 2.10 bits per heavy atom. The summed E-state index contributed by atoms with van der Waals surface area (Å²) in [5.74, 6) is -0.608. The molecule has 3 rings (SSSR count). The Morgan fingerprint density at radius 1 is 1.30 bits per heavy atom. The van der Waals surface area contributed by atoms with Crippen LogP contribution in [0.15, 0.2) is 44.9 Å². The van der Waals surface area contributed by atoms with E-state index in [0.717, 1.165) is 10.3 Å². The lowest BCUT2D eigenvalue weighted by Crippen LogP contribution is -2.00. The molecule has 2 aromatic heterocycles. The summed E-state index contributed by atoms with van der Waals surface area (Å²) in [6, 6.07) is 8.83. The van der Waals surface area contributed by atoms with Gasteiger partial charge in [-0.25, -0.2) is 9.78 Å². The second kappa shape index (κ2) is 4.93. The molecule has 1 N–H and O–H groups in total. The molecule has 0 radical (unpaired) electrons. The molecular formula is C13H9N3O3S.